The molecule has 0 aliphatic heterocycles. The van der Waals surface area contributed by atoms with Crippen LogP contribution < -0.4 is 5.73 Å². The van der Waals surface area contributed by atoms with Crippen LogP contribution in [0.5, 0.6) is 0 Å². The van der Waals surface area contributed by atoms with Gasteiger partial charge in [-0.1, -0.05) is 0 Å². The molecule has 0 aromatic carbocycles. The maximum absolute atomic E-state index is 10.1. The van der Waals surface area contributed by atoms with E-state index >= 15 is 0 Å². The standard InChI is InChI=1S/C4H11NO4S.Na.H/c1-2-9-4(5)3-10(6,7)8;;/h4H,2-3,5H2,1H3,(H,6,7,8);;. The van der Waals surface area contributed by atoms with E-state index in [1.165, 1.54) is 0 Å². The van der Waals surface area contributed by atoms with E-state index in [0.29, 0.717) is 6.61 Å². The molecule has 0 aromatic rings. The molecule has 0 rings (SSSR count). The zero-order chi connectivity index (χ0) is 8.20. The van der Waals surface area contributed by atoms with Gasteiger partial charge in [-0.05, 0) is 6.92 Å². The number of nitrogens with two attached hydrogens (primary N) is 1. The van der Waals surface area contributed by atoms with Crippen LogP contribution in [0.4, 0.5) is 0 Å². The normalized spacial score (nSPS) is 13.7. The molecule has 0 aromatic heterocycles. The number of ether oxygens (including phenoxy) is 1. The fourth-order valence-electron chi connectivity index (χ4n) is 0.470. The van der Waals surface area contributed by atoms with Gasteiger partial charge in [-0.3, -0.25) is 4.55 Å². The first kappa shape index (κ1) is 14.4. The molecule has 0 fully saturated rings. The molecule has 7 heteroatoms. The van der Waals surface area contributed by atoms with Crippen molar-refractivity contribution in [2.75, 3.05) is 12.4 Å². The first-order chi connectivity index (χ1) is 4.45. The fourth-order valence-corrected chi connectivity index (χ4v) is 0.981. The van der Waals surface area contributed by atoms with E-state index in [2.05, 4.69) is 4.74 Å². The van der Waals surface area contributed by atoms with Gasteiger partial charge in [-0.2, -0.15) is 8.42 Å². The van der Waals surface area contributed by atoms with Gasteiger partial charge in [0.2, 0.25) is 0 Å². The van der Waals surface area contributed by atoms with Gasteiger partial charge in [0.15, 0.2) is 0 Å². The molecule has 64 valence electrons. The Morgan fingerprint density at radius 1 is 1.64 bits per heavy atom. The quantitative estimate of drug-likeness (QED) is 0.324. The Hall–Kier alpha value is 0.830. The van der Waals surface area contributed by atoms with Crippen molar-refractivity contribution in [3.8, 4) is 0 Å². The summed E-state index contributed by atoms with van der Waals surface area (Å²) in [6.45, 7) is 2.01. The van der Waals surface area contributed by atoms with Crippen LogP contribution in [0.3, 0.4) is 0 Å². The molecule has 0 spiro atoms. The van der Waals surface area contributed by atoms with Gasteiger partial charge in [0.25, 0.3) is 10.1 Å². The molecule has 5 nitrogen and oxygen atoms in total. The van der Waals surface area contributed by atoms with Crippen molar-refractivity contribution >= 4 is 39.7 Å². The predicted molar refractivity (Wildman–Crippen MR) is 43.2 cm³/mol. The van der Waals surface area contributed by atoms with Crippen LogP contribution in [0, 0.1) is 0 Å². The number of rotatable bonds is 4. The van der Waals surface area contributed by atoms with E-state index in [1.807, 2.05) is 0 Å². The van der Waals surface area contributed by atoms with Crippen LogP contribution in [0.2, 0.25) is 0 Å². The van der Waals surface area contributed by atoms with E-state index in [0.717, 1.165) is 0 Å². The third-order valence-electron chi connectivity index (χ3n) is 0.756. The Bertz CT molecular complexity index is 181. The predicted octanol–water partition coefficient (Wildman–Crippen LogP) is -1.45. The Labute approximate surface area is 88.3 Å². The van der Waals surface area contributed by atoms with Crippen molar-refractivity contribution in [3.63, 3.8) is 0 Å². The SMILES string of the molecule is CCOC(N)CS(=O)(=O)O.[NaH]. The van der Waals surface area contributed by atoms with Crippen LogP contribution in [-0.2, 0) is 14.9 Å². The summed E-state index contributed by atoms with van der Waals surface area (Å²) < 4.78 is 33.1. The van der Waals surface area contributed by atoms with Crippen molar-refractivity contribution in [1.82, 2.24) is 0 Å². The molecule has 3 N–H and O–H groups in total. The van der Waals surface area contributed by atoms with Crippen molar-refractivity contribution in [1.29, 1.82) is 0 Å². The molecular formula is C4H12NNaO4S. The van der Waals surface area contributed by atoms with Crippen molar-refractivity contribution in [2.45, 2.75) is 13.2 Å². The second kappa shape index (κ2) is 6.36. The van der Waals surface area contributed by atoms with Gasteiger partial charge < -0.3 is 10.5 Å². The van der Waals surface area contributed by atoms with Crippen LogP contribution in [0.1, 0.15) is 6.92 Å². The van der Waals surface area contributed by atoms with E-state index in [4.69, 9.17) is 10.3 Å². The van der Waals surface area contributed by atoms with Gasteiger partial charge in [-0.15, -0.1) is 0 Å². The molecular weight excluding hydrogens is 181 g/mol. The first-order valence-electron chi connectivity index (χ1n) is 2.78. The second-order valence-electron chi connectivity index (χ2n) is 1.74. The molecule has 1 atom stereocenters. The zero-order valence-corrected chi connectivity index (χ0v) is 6.47. The molecule has 1 unspecified atom stereocenters. The average molecular weight is 193 g/mol. The van der Waals surface area contributed by atoms with E-state index in [-0.39, 0.29) is 29.6 Å². The Morgan fingerprint density at radius 3 is 2.36 bits per heavy atom. The summed E-state index contributed by atoms with van der Waals surface area (Å²) in [6, 6.07) is 0. The summed E-state index contributed by atoms with van der Waals surface area (Å²) in [4.78, 5) is 0. The molecule has 11 heavy (non-hydrogen) atoms. The molecule has 0 bridgehead atoms. The van der Waals surface area contributed by atoms with Crippen molar-refractivity contribution in [3.05, 3.63) is 0 Å². The first-order valence-corrected chi connectivity index (χ1v) is 4.39. The molecule has 0 heterocycles. The summed E-state index contributed by atoms with van der Waals surface area (Å²) >= 11 is 0. The Kier molecular flexibility index (Phi) is 8.30. The van der Waals surface area contributed by atoms with Gasteiger partial charge in [0.05, 0.1) is 0 Å². The molecule has 0 radical (unpaired) electrons. The molecule has 0 aliphatic carbocycles. The van der Waals surface area contributed by atoms with E-state index < -0.39 is 22.1 Å². The molecule has 0 aliphatic rings. The molecule has 0 saturated carbocycles. The monoisotopic (exact) mass is 193 g/mol. The Morgan fingerprint density at radius 2 is 2.09 bits per heavy atom. The van der Waals surface area contributed by atoms with Gasteiger partial charge in [0, 0.05) is 6.61 Å². The summed E-state index contributed by atoms with van der Waals surface area (Å²) in [5.74, 6) is -0.555. The summed E-state index contributed by atoms with van der Waals surface area (Å²) in [5.41, 5.74) is 5.11. The van der Waals surface area contributed by atoms with Crippen LogP contribution in [0.25, 0.3) is 0 Å². The van der Waals surface area contributed by atoms with Crippen molar-refractivity contribution in [2.24, 2.45) is 5.73 Å². The van der Waals surface area contributed by atoms with E-state index in [1.54, 1.807) is 6.92 Å². The maximum atomic E-state index is 10.1. The zero-order valence-electron chi connectivity index (χ0n) is 5.65. The summed E-state index contributed by atoms with van der Waals surface area (Å²) in [7, 11) is -4.00. The van der Waals surface area contributed by atoms with Crippen LogP contribution in [-0.4, -0.2) is 61.1 Å². The van der Waals surface area contributed by atoms with Crippen LogP contribution in [0.15, 0.2) is 0 Å². The molecule has 0 amide bonds. The van der Waals surface area contributed by atoms with Crippen LogP contribution >= 0.6 is 0 Å². The van der Waals surface area contributed by atoms with Gasteiger partial charge in [-0.25, -0.2) is 0 Å². The minimum absolute atomic E-state index is 0. The minimum atomic E-state index is -4.00. The van der Waals surface area contributed by atoms with Crippen molar-refractivity contribution < 1.29 is 17.7 Å². The van der Waals surface area contributed by atoms with Gasteiger partial charge >= 0.3 is 29.6 Å². The average Bonchev–Trinajstić information content (AvgIpc) is 1.59. The topological polar surface area (TPSA) is 89.6 Å². The van der Waals surface area contributed by atoms with E-state index in [9.17, 15) is 8.42 Å². The number of hydrogen-bond acceptors (Lipinski definition) is 4. The second-order valence-corrected chi connectivity index (χ2v) is 3.24. The third-order valence-corrected chi connectivity index (χ3v) is 1.51. The summed E-state index contributed by atoms with van der Waals surface area (Å²) in [6.07, 6.45) is -0.931. The fraction of sp³-hybridized carbons (Fsp3) is 1.00. The van der Waals surface area contributed by atoms with Gasteiger partial charge in [0.1, 0.15) is 12.0 Å². The summed E-state index contributed by atoms with van der Waals surface area (Å²) in [5, 5.41) is 0. The number of hydrogen-bond donors (Lipinski definition) is 2. The molecule has 0 saturated heterocycles. The third kappa shape index (κ3) is 10.8. The Balaban J connectivity index is 0.